The third kappa shape index (κ3) is 5.31. The van der Waals surface area contributed by atoms with Crippen LogP contribution in [0.25, 0.3) is 0 Å². The van der Waals surface area contributed by atoms with E-state index in [-0.39, 0.29) is 5.75 Å². The quantitative estimate of drug-likeness (QED) is 0.819. The van der Waals surface area contributed by atoms with Gasteiger partial charge in [0.2, 0.25) is 10.0 Å². The maximum absolute atomic E-state index is 12.0. The molecule has 2 rings (SSSR count). The van der Waals surface area contributed by atoms with Crippen molar-refractivity contribution in [2.45, 2.75) is 5.75 Å². The van der Waals surface area contributed by atoms with E-state index in [0.29, 0.717) is 11.1 Å². The van der Waals surface area contributed by atoms with E-state index in [1.165, 1.54) is 0 Å². The van der Waals surface area contributed by atoms with Crippen LogP contribution in [-0.2, 0) is 25.8 Å². The molecule has 0 amide bonds. The van der Waals surface area contributed by atoms with Crippen LogP contribution in [0.4, 0.5) is 0 Å². The van der Waals surface area contributed by atoms with E-state index in [0.717, 1.165) is 5.37 Å². The van der Waals surface area contributed by atoms with E-state index in [9.17, 15) is 17.2 Å². The second kappa shape index (κ2) is 6.40. The zero-order valence-electron chi connectivity index (χ0n) is 11.0. The molecule has 0 bridgehead atoms. The number of benzene rings is 2. The Balaban J connectivity index is 2.20. The third-order valence-electron chi connectivity index (χ3n) is 2.54. The molecule has 1 atom stereocenters. The van der Waals surface area contributed by atoms with Crippen LogP contribution in [0.2, 0.25) is 0 Å². The van der Waals surface area contributed by atoms with Gasteiger partial charge in [-0.25, -0.2) is 12.6 Å². The minimum atomic E-state index is -3.92. The van der Waals surface area contributed by atoms with Crippen molar-refractivity contribution in [1.29, 1.82) is 0 Å². The zero-order valence-corrected chi connectivity index (χ0v) is 12.7. The predicted molar refractivity (Wildman–Crippen MR) is 84.6 cm³/mol. The standard InChI is InChI=1S/C14H15NO4S2/c16-20(17,11-13-7-3-1-4-8-13)15-21(18,19)12-14-9-5-2-6-10-14/h1-11H,12H2,(H2,15,16,17). The van der Waals surface area contributed by atoms with Crippen LogP contribution in [0.15, 0.2) is 60.7 Å². The Morgan fingerprint density at radius 3 is 2.00 bits per heavy atom. The maximum atomic E-state index is 12.0. The Hall–Kier alpha value is -1.67. The van der Waals surface area contributed by atoms with Crippen molar-refractivity contribution in [3.8, 4) is 0 Å². The second-order valence-corrected chi connectivity index (χ2v) is 7.98. The second-order valence-electron chi connectivity index (χ2n) is 4.43. The van der Waals surface area contributed by atoms with Crippen molar-refractivity contribution in [2.24, 2.45) is 0 Å². The fraction of sp³-hybridized carbons (Fsp3) is 0.0714. The van der Waals surface area contributed by atoms with Gasteiger partial charge in [0, 0.05) is 5.37 Å². The first-order valence-corrected chi connectivity index (χ1v) is 9.31. The molecule has 0 saturated carbocycles. The van der Waals surface area contributed by atoms with Crippen molar-refractivity contribution >= 4 is 25.4 Å². The van der Waals surface area contributed by atoms with Crippen molar-refractivity contribution in [2.75, 3.05) is 0 Å². The van der Waals surface area contributed by atoms with Gasteiger partial charge in [-0.1, -0.05) is 60.7 Å². The predicted octanol–water partition coefficient (Wildman–Crippen LogP) is 1.63. The molecule has 2 aromatic rings. The van der Waals surface area contributed by atoms with Crippen LogP contribution in [0.3, 0.4) is 0 Å². The molecule has 21 heavy (non-hydrogen) atoms. The molecule has 7 heteroatoms. The summed E-state index contributed by atoms with van der Waals surface area (Å²) in [5.74, 6) is -0.353. The van der Waals surface area contributed by atoms with E-state index < -0.39 is 20.0 Å². The van der Waals surface area contributed by atoms with Gasteiger partial charge in [-0.2, -0.15) is 0 Å². The first kappa shape index (κ1) is 15.7. The smallest absolute Gasteiger partial charge is 0.228 e. The lowest BCUT2D eigenvalue weighted by molar-refractivity contribution is 0.549. The average molecular weight is 325 g/mol. The minimum Gasteiger partial charge on any atom is -0.301 e. The van der Waals surface area contributed by atoms with Crippen LogP contribution >= 0.6 is 0 Å². The van der Waals surface area contributed by atoms with Crippen LogP contribution in [0.1, 0.15) is 11.1 Å². The monoisotopic (exact) mass is 325 g/mol. The van der Waals surface area contributed by atoms with Gasteiger partial charge in [-0.05, 0) is 11.1 Å². The summed E-state index contributed by atoms with van der Waals surface area (Å²) in [4.78, 5) is 0. The van der Waals surface area contributed by atoms with E-state index in [1.807, 2.05) is 4.13 Å². The topological polar surface area (TPSA) is 83.5 Å². The van der Waals surface area contributed by atoms with E-state index in [2.05, 4.69) is 0 Å². The van der Waals surface area contributed by atoms with Gasteiger partial charge in [0.25, 0.3) is 0 Å². The summed E-state index contributed by atoms with van der Waals surface area (Å²) < 4.78 is 47.4. The van der Waals surface area contributed by atoms with E-state index in [4.69, 9.17) is 0 Å². The van der Waals surface area contributed by atoms with Crippen molar-refractivity contribution in [1.82, 2.24) is 4.13 Å². The number of hydrogen-bond acceptors (Lipinski definition) is 3. The summed E-state index contributed by atoms with van der Waals surface area (Å²) in [6.07, 6.45) is 0. The minimum absolute atomic E-state index is 0.353. The highest BCUT2D eigenvalue weighted by molar-refractivity contribution is 8.06. The Morgan fingerprint density at radius 1 is 0.905 bits per heavy atom. The highest BCUT2D eigenvalue weighted by atomic mass is 32.3. The van der Waals surface area contributed by atoms with Crippen LogP contribution in [-0.4, -0.2) is 22.5 Å². The molecular weight excluding hydrogens is 310 g/mol. The molecule has 112 valence electrons. The summed E-state index contributed by atoms with van der Waals surface area (Å²) in [7, 11) is -7.74. The average Bonchev–Trinajstić information content (AvgIpc) is 2.38. The lowest BCUT2D eigenvalue weighted by Crippen LogP contribution is -2.32. The molecule has 0 aliphatic carbocycles. The van der Waals surface area contributed by atoms with Gasteiger partial charge in [0.05, 0.1) is 5.75 Å². The molecule has 1 unspecified atom stereocenters. The summed E-state index contributed by atoms with van der Waals surface area (Å²) in [5, 5.41) is 0.996. The Bertz CT molecular complexity index is 809. The van der Waals surface area contributed by atoms with Crippen LogP contribution < -0.4 is 4.13 Å². The van der Waals surface area contributed by atoms with E-state index >= 15 is 0 Å². The van der Waals surface area contributed by atoms with Crippen molar-refractivity contribution in [3.05, 3.63) is 71.8 Å². The van der Waals surface area contributed by atoms with Crippen LogP contribution in [0.5, 0.6) is 0 Å². The number of hydrogen-bond donors (Lipinski definition) is 2. The zero-order chi connectivity index (χ0) is 15.3. The van der Waals surface area contributed by atoms with Gasteiger partial charge in [-0.15, -0.1) is 4.13 Å². The van der Waals surface area contributed by atoms with Crippen LogP contribution in [0, 0.1) is 0 Å². The van der Waals surface area contributed by atoms with Crippen molar-refractivity contribution in [3.63, 3.8) is 0 Å². The number of rotatable bonds is 5. The first-order chi connectivity index (χ1) is 9.86. The summed E-state index contributed by atoms with van der Waals surface area (Å²) in [6.45, 7) is 0. The largest absolute Gasteiger partial charge is 0.301 e. The lowest BCUT2D eigenvalue weighted by Gasteiger charge is -2.08. The fourth-order valence-corrected chi connectivity index (χ4v) is 4.79. The molecular formula is C14H15NO4S2. The van der Waals surface area contributed by atoms with Gasteiger partial charge in [-0.3, -0.25) is 0 Å². The lowest BCUT2D eigenvalue weighted by atomic mass is 10.2. The van der Waals surface area contributed by atoms with Gasteiger partial charge >= 0.3 is 0 Å². The molecule has 0 aliphatic heterocycles. The highest BCUT2D eigenvalue weighted by Crippen LogP contribution is 2.05. The van der Waals surface area contributed by atoms with Crippen molar-refractivity contribution < 1.29 is 17.2 Å². The molecule has 0 spiro atoms. The molecule has 0 fully saturated rings. The number of nitrogens with one attached hydrogen (secondary N) is 1. The SMILES string of the molecule is O=S(=O)(Cc1ccccc1)NS(=O)(O)=Cc1ccccc1. The summed E-state index contributed by atoms with van der Waals surface area (Å²) >= 11 is 0. The van der Waals surface area contributed by atoms with Gasteiger partial charge < -0.3 is 4.55 Å². The Kier molecular flexibility index (Phi) is 4.79. The Labute approximate surface area is 124 Å². The Morgan fingerprint density at radius 2 is 1.43 bits per heavy atom. The van der Waals surface area contributed by atoms with Gasteiger partial charge in [0.1, 0.15) is 0 Å². The molecule has 2 aromatic carbocycles. The molecule has 5 nitrogen and oxygen atoms in total. The summed E-state index contributed by atoms with van der Waals surface area (Å²) in [6, 6.07) is 16.8. The van der Waals surface area contributed by atoms with E-state index in [1.54, 1.807) is 60.7 Å². The molecule has 0 radical (unpaired) electrons. The maximum Gasteiger partial charge on any atom is 0.228 e. The molecule has 0 aromatic heterocycles. The molecule has 0 aliphatic rings. The first-order valence-electron chi connectivity index (χ1n) is 6.08. The molecule has 0 saturated heterocycles. The molecule has 0 heterocycles. The summed E-state index contributed by atoms with van der Waals surface area (Å²) in [5.41, 5.74) is 1.01. The normalized spacial score (nSPS) is 14.3. The third-order valence-corrected chi connectivity index (χ3v) is 5.82. The molecule has 2 N–H and O–H groups in total. The highest BCUT2D eigenvalue weighted by Gasteiger charge is 2.16. The van der Waals surface area contributed by atoms with Gasteiger partial charge in [0.15, 0.2) is 9.99 Å². The number of sulfonamides is 1. The fourth-order valence-electron chi connectivity index (χ4n) is 1.75.